The molecule has 7 bridgehead atoms. The fourth-order valence-corrected chi connectivity index (χ4v) is 12.5. The highest BCUT2D eigenvalue weighted by molar-refractivity contribution is 5.90. The van der Waals surface area contributed by atoms with E-state index < -0.39 is 23.2 Å². The Morgan fingerprint density at radius 3 is 2.15 bits per heavy atom. The van der Waals surface area contributed by atoms with Crippen molar-refractivity contribution < 1.29 is 38.4 Å². The largest absolute Gasteiger partial charge is 0.458 e. The minimum Gasteiger partial charge on any atom is -0.458 e. The van der Waals surface area contributed by atoms with Crippen molar-refractivity contribution in [2.75, 3.05) is 41.0 Å². The molecule has 1 spiro atoms. The number of piperidine rings is 1. The predicted octanol–water partition coefficient (Wildman–Crippen LogP) is 4.23. The first-order chi connectivity index (χ1) is 22.8. The smallest absolute Gasteiger partial charge is 0.338 e. The monoisotopic (exact) mass is 645 g/mol. The summed E-state index contributed by atoms with van der Waals surface area (Å²) >= 11 is 0. The Morgan fingerprint density at radius 2 is 1.55 bits per heavy atom. The normalized spacial score (nSPS) is 44.2. The van der Waals surface area contributed by atoms with E-state index >= 15 is 0 Å². The lowest BCUT2D eigenvalue weighted by Crippen LogP contribution is -2.76. The summed E-state index contributed by atoms with van der Waals surface area (Å²) in [6, 6.07) is 18.2. The third kappa shape index (κ3) is 4.13. The summed E-state index contributed by atoms with van der Waals surface area (Å²) in [7, 11) is 5.23. The van der Waals surface area contributed by atoms with Gasteiger partial charge in [-0.1, -0.05) is 43.3 Å². The summed E-state index contributed by atoms with van der Waals surface area (Å²) in [5.41, 5.74) is -1.01. The number of methoxy groups -OCH3 is 3. The van der Waals surface area contributed by atoms with E-state index in [9.17, 15) is 14.7 Å². The minimum atomic E-state index is -1.22. The van der Waals surface area contributed by atoms with Gasteiger partial charge in [0.05, 0.1) is 35.5 Å². The maximum absolute atomic E-state index is 13.9. The van der Waals surface area contributed by atoms with Crippen LogP contribution < -0.4 is 0 Å². The zero-order chi connectivity index (χ0) is 32.7. The number of esters is 2. The van der Waals surface area contributed by atoms with Gasteiger partial charge >= 0.3 is 11.9 Å². The molecule has 1 heterocycles. The highest BCUT2D eigenvalue weighted by Crippen LogP contribution is 2.79. The topological polar surface area (TPSA) is 104 Å². The summed E-state index contributed by atoms with van der Waals surface area (Å²) in [5, 5.41) is 13.4. The molecule has 1 aliphatic heterocycles. The van der Waals surface area contributed by atoms with Gasteiger partial charge in [-0.2, -0.15) is 0 Å². The molecule has 0 unspecified atom stereocenters. The van der Waals surface area contributed by atoms with Gasteiger partial charge in [0.15, 0.2) is 0 Å². The molecule has 47 heavy (non-hydrogen) atoms. The van der Waals surface area contributed by atoms with E-state index in [0.717, 1.165) is 19.5 Å². The second-order valence-electron chi connectivity index (χ2n) is 15.0. The maximum Gasteiger partial charge on any atom is 0.338 e. The second-order valence-corrected chi connectivity index (χ2v) is 15.0. The van der Waals surface area contributed by atoms with Crippen molar-refractivity contribution in [1.29, 1.82) is 0 Å². The first kappa shape index (κ1) is 31.4. The molecule has 6 aliphatic rings. The minimum absolute atomic E-state index is 0.0232. The fourth-order valence-electron chi connectivity index (χ4n) is 12.5. The molecule has 9 heteroatoms. The van der Waals surface area contributed by atoms with E-state index in [1.54, 1.807) is 45.6 Å². The number of fused-ring (bicyclic) bond motifs is 2. The van der Waals surface area contributed by atoms with Gasteiger partial charge in [0.2, 0.25) is 0 Å². The van der Waals surface area contributed by atoms with Crippen molar-refractivity contribution in [3.63, 3.8) is 0 Å². The number of carbonyl (C=O) groups excluding carboxylic acids is 2. The van der Waals surface area contributed by atoms with Crippen molar-refractivity contribution >= 4 is 11.9 Å². The van der Waals surface area contributed by atoms with Crippen LogP contribution in [0.2, 0.25) is 0 Å². The second kappa shape index (κ2) is 11.4. The van der Waals surface area contributed by atoms with Crippen molar-refractivity contribution in [3.05, 3.63) is 71.8 Å². The van der Waals surface area contributed by atoms with E-state index in [1.807, 2.05) is 36.4 Å². The van der Waals surface area contributed by atoms with Gasteiger partial charge in [-0.15, -0.1) is 0 Å². The first-order valence-corrected chi connectivity index (χ1v) is 17.3. The SMILES string of the molecule is CCN1C[C@]2(COC)CC[C@H](OC(=O)c3ccccc3)[C@@]34[C@@H]5C[C@H]6[C@H](OC(=O)c7ccccc7)[C@@H]5[C@](O)(C[C@@H]6OC)[C@@H]([C@H](OC)[C@H]23)[C@@H]14. The number of hydrogen-bond donors (Lipinski definition) is 1. The molecule has 9 nitrogen and oxygen atoms in total. The molecule has 13 atom stereocenters. The van der Waals surface area contributed by atoms with Crippen LogP contribution in [-0.2, 0) is 23.7 Å². The Kier molecular flexibility index (Phi) is 7.61. The number of hydrogen-bond acceptors (Lipinski definition) is 9. The molecular formula is C38H47NO8. The summed E-state index contributed by atoms with van der Waals surface area (Å²) in [5.74, 6) is -1.60. The molecule has 0 radical (unpaired) electrons. The van der Waals surface area contributed by atoms with Gasteiger partial charge < -0.3 is 28.8 Å². The maximum atomic E-state index is 13.9. The Balaban J connectivity index is 1.31. The summed E-state index contributed by atoms with van der Waals surface area (Å²) in [6.45, 7) is 4.36. The molecule has 5 saturated carbocycles. The van der Waals surface area contributed by atoms with Gasteiger partial charge in [0.25, 0.3) is 0 Å². The molecule has 1 saturated heterocycles. The van der Waals surface area contributed by atoms with E-state index in [0.29, 0.717) is 37.0 Å². The third-order valence-electron chi connectivity index (χ3n) is 13.6. The third-order valence-corrected chi connectivity index (χ3v) is 13.6. The number of ether oxygens (including phenoxy) is 5. The van der Waals surface area contributed by atoms with E-state index in [-0.39, 0.29) is 65.2 Å². The summed E-state index contributed by atoms with van der Waals surface area (Å²) < 4.78 is 32.0. The van der Waals surface area contributed by atoms with Crippen LogP contribution in [0, 0.1) is 40.4 Å². The Labute approximate surface area is 276 Å². The number of nitrogens with zero attached hydrogens (tertiary/aromatic N) is 1. The van der Waals surface area contributed by atoms with Crippen LogP contribution in [0.5, 0.6) is 0 Å². The van der Waals surface area contributed by atoms with Crippen molar-refractivity contribution in [3.8, 4) is 0 Å². The molecule has 8 rings (SSSR count). The molecule has 252 valence electrons. The summed E-state index contributed by atoms with van der Waals surface area (Å²) in [6.07, 6.45) is 1.11. The number of carbonyl (C=O) groups is 2. The molecule has 5 aliphatic carbocycles. The van der Waals surface area contributed by atoms with E-state index in [1.165, 1.54) is 0 Å². The van der Waals surface area contributed by atoms with E-state index in [4.69, 9.17) is 23.7 Å². The van der Waals surface area contributed by atoms with Crippen LogP contribution in [0.1, 0.15) is 53.3 Å². The number of benzene rings is 2. The quantitative estimate of drug-likeness (QED) is 0.402. The van der Waals surface area contributed by atoms with Gasteiger partial charge in [-0.25, -0.2) is 9.59 Å². The van der Waals surface area contributed by atoms with Crippen LogP contribution >= 0.6 is 0 Å². The van der Waals surface area contributed by atoms with Gasteiger partial charge in [0.1, 0.15) is 12.2 Å². The molecular weight excluding hydrogens is 598 g/mol. The Bertz CT molecular complexity index is 1510. The lowest BCUT2D eigenvalue weighted by molar-refractivity contribution is -0.271. The van der Waals surface area contributed by atoms with Crippen LogP contribution in [0.15, 0.2) is 60.7 Å². The number of aliphatic hydroxyl groups is 1. The molecule has 1 N–H and O–H groups in total. The molecule has 2 aromatic carbocycles. The van der Waals surface area contributed by atoms with Crippen molar-refractivity contribution in [1.82, 2.24) is 4.90 Å². The first-order valence-electron chi connectivity index (χ1n) is 17.3. The fraction of sp³-hybridized carbons (Fsp3) is 0.632. The predicted molar refractivity (Wildman–Crippen MR) is 172 cm³/mol. The van der Waals surface area contributed by atoms with Gasteiger partial charge in [0, 0.05) is 74.8 Å². The molecule has 2 aromatic rings. The van der Waals surface area contributed by atoms with Crippen LogP contribution in [0.3, 0.4) is 0 Å². The van der Waals surface area contributed by atoms with Crippen LogP contribution in [0.25, 0.3) is 0 Å². The lowest BCUT2D eigenvalue weighted by atomic mass is 9.43. The van der Waals surface area contributed by atoms with Crippen molar-refractivity contribution in [2.45, 2.75) is 68.7 Å². The zero-order valence-corrected chi connectivity index (χ0v) is 27.7. The van der Waals surface area contributed by atoms with Crippen molar-refractivity contribution in [2.24, 2.45) is 40.4 Å². The Hall–Kier alpha value is -2.82. The average Bonchev–Trinajstić information content (AvgIpc) is 3.53. The van der Waals surface area contributed by atoms with Gasteiger partial charge in [-0.3, -0.25) is 4.90 Å². The lowest BCUT2D eigenvalue weighted by Gasteiger charge is -2.68. The average molecular weight is 646 g/mol. The number of likely N-dealkylation sites (tertiary alicyclic amines) is 1. The zero-order valence-electron chi connectivity index (χ0n) is 27.7. The van der Waals surface area contributed by atoms with E-state index in [2.05, 4.69) is 11.8 Å². The van der Waals surface area contributed by atoms with Crippen LogP contribution in [0.4, 0.5) is 0 Å². The summed E-state index contributed by atoms with van der Waals surface area (Å²) in [4.78, 5) is 30.1. The molecule has 0 amide bonds. The standard InChI is InChI=1S/C38H47NO8/c1-5-39-20-36(21-43-2)17-16-27(46-34(40)22-12-8-6-9-13-22)38-25-18-24-26(44-3)19-37(42,29(33(38)39)31(45-4)32(36)38)28(25)30(24)47-35(41)23-14-10-7-11-15-23/h6-15,24-33,42H,5,16-21H2,1-4H3/t24-,25-,26+,27+,28-,29+,30+,31+,32-,33-,36+,37-,38+/m1/s1. The van der Waals surface area contributed by atoms with Crippen LogP contribution in [-0.4, -0.2) is 99.0 Å². The highest BCUT2D eigenvalue weighted by Gasteiger charge is 2.87. The van der Waals surface area contributed by atoms with Gasteiger partial charge in [-0.05, 0) is 56.0 Å². The molecule has 0 aromatic heterocycles. The highest BCUT2D eigenvalue weighted by atomic mass is 16.6. The number of rotatable bonds is 9. The molecule has 6 fully saturated rings. The Morgan fingerprint density at radius 1 is 0.894 bits per heavy atom.